The lowest BCUT2D eigenvalue weighted by atomic mass is 10.0. The van der Waals surface area contributed by atoms with E-state index in [-0.39, 0.29) is 12.6 Å². The van der Waals surface area contributed by atoms with Crippen molar-refractivity contribution < 1.29 is 5.11 Å². The van der Waals surface area contributed by atoms with Gasteiger partial charge in [0.25, 0.3) is 0 Å². The second kappa shape index (κ2) is 5.63. The fourth-order valence-corrected chi connectivity index (χ4v) is 2.51. The molecule has 1 aliphatic heterocycles. The standard InChI is InChI=1S/C14H22N2O/c1-11-3-5-13(6-4-11)14(10-17)16-8-7-15-9-12(16)2/h3-6,12,14-15,17H,7-10H2,1-2H3. The van der Waals surface area contributed by atoms with Gasteiger partial charge in [0.15, 0.2) is 0 Å². The Balaban J connectivity index is 2.17. The molecule has 2 atom stereocenters. The summed E-state index contributed by atoms with van der Waals surface area (Å²) in [4.78, 5) is 2.39. The molecule has 1 aromatic rings. The van der Waals surface area contributed by atoms with Crippen LogP contribution in [0.4, 0.5) is 0 Å². The van der Waals surface area contributed by atoms with Crippen LogP contribution in [0.2, 0.25) is 0 Å². The van der Waals surface area contributed by atoms with Crippen molar-refractivity contribution in [2.75, 3.05) is 26.2 Å². The summed E-state index contributed by atoms with van der Waals surface area (Å²) in [5, 5.41) is 13.0. The van der Waals surface area contributed by atoms with Gasteiger partial charge in [-0.2, -0.15) is 0 Å². The Labute approximate surface area is 103 Å². The highest BCUT2D eigenvalue weighted by Gasteiger charge is 2.26. The predicted octanol–water partition coefficient (Wildman–Crippen LogP) is 1.32. The summed E-state index contributed by atoms with van der Waals surface area (Å²) >= 11 is 0. The summed E-state index contributed by atoms with van der Waals surface area (Å²) in [6.45, 7) is 7.50. The molecule has 1 aromatic carbocycles. The first kappa shape index (κ1) is 12.6. The highest BCUT2D eigenvalue weighted by molar-refractivity contribution is 5.24. The summed E-state index contributed by atoms with van der Waals surface area (Å²) in [5.74, 6) is 0. The van der Waals surface area contributed by atoms with Gasteiger partial charge in [-0.3, -0.25) is 4.90 Å². The molecule has 17 heavy (non-hydrogen) atoms. The van der Waals surface area contributed by atoms with E-state index in [1.54, 1.807) is 0 Å². The maximum absolute atomic E-state index is 9.66. The largest absolute Gasteiger partial charge is 0.394 e. The Bertz CT molecular complexity index is 350. The minimum atomic E-state index is 0.132. The molecule has 0 aromatic heterocycles. The van der Waals surface area contributed by atoms with Crippen molar-refractivity contribution in [3.05, 3.63) is 35.4 Å². The van der Waals surface area contributed by atoms with Crippen LogP contribution in [0, 0.1) is 6.92 Å². The van der Waals surface area contributed by atoms with E-state index in [2.05, 4.69) is 48.3 Å². The van der Waals surface area contributed by atoms with Gasteiger partial charge in [-0.1, -0.05) is 29.8 Å². The molecule has 1 heterocycles. The number of aryl methyl sites for hydroxylation is 1. The molecule has 0 aliphatic carbocycles. The summed E-state index contributed by atoms with van der Waals surface area (Å²) in [5.41, 5.74) is 2.48. The van der Waals surface area contributed by atoms with E-state index < -0.39 is 0 Å². The van der Waals surface area contributed by atoms with Gasteiger partial charge < -0.3 is 10.4 Å². The molecule has 2 rings (SSSR count). The number of hydrogen-bond acceptors (Lipinski definition) is 3. The Kier molecular flexibility index (Phi) is 4.15. The van der Waals surface area contributed by atoms with E-state index in [0.717, 1.165) is 19.6 Å². The smallest absolute Gasteiger partial charge is 0.0628 e. The van der Waals surface area contributed by atoms with Crippen molar-refractivity contribution in [1.29, 1.82) is 0 Å². The highest BCUT2D eigenvalue weighted by atomic mass is 16.3. The quantitative estimate of drug-likeness (QED) is 0.828. The van der Waals surface area contributed by atoms with Gasteiger partial charge >= 0.3 is 0 Å². The van der Waals surface area contributed by atoms with Gasteiger partial charge in [-0.15, -0.1) is 0 Å². The van der Waals surface area contributed by atoms with E-state index >= 15 is 0 Å². The molecular weight excluding hydrogens is 212 g/mol. The van der Waals surface area contributed by atoms with Gasteiger partial charge in [0, 0.05) is 25.7 Å². The van der Waals surface area contributed by atoms with Crippen LogP contribution in [-0.2, 0) is 0 Å². The van der Waals surface area contributed by atoms with Gasteiger partial charge in [-0.25, -0.2) is 0 Å². The Morgan fingerprint density at radius 1 is 1.41 bits per heavy atom. The number of aliphatic hydroxyl groups excluding tert-OH is 1. The van der Waals surface area contributed by atoms with Gasteiger partial charge in [0.05, 0.1) is 12.6 Å². The SMILES string of the molecule is Cc1ccc(C(CO)N2CCNCC2C)cc1. The van der Waals surface area contributed by atoms with Crippen molar-refractivity contribution in [3.63, 3.8) is 0 Å². The molecule has 0 saturated carbocycles. The molecule has 2 N–H and O–H groups in total. The normalized spacial score (nSPS) is 23.6. The summed E-state index contributed by atoms with van der Waals surface area (Å²) in [6, 6.07) is 9.10. The molecule has 94 valence electrons. The average Bonchev–Trinajstić information content (AvgIpc) is 2.35. The van der Waals surface area contributed by atoms with Crippen LogP contribution in [0.15, 0.2) is 24.3 Å². The molecule has 0 amide bonds. The maximum atomic E-state index is 9.66. The Morgan fingerprint density at radius 2 is 2.12 bits per heavy atom. The summed E-state index contributed by atoms with van der Waals surface area (Å²) in [6.07, 6.45) is 0. The van der Waals surface area contributed by atoms with E-state index in [1.165, 1.54) is 11.1 Å². The Hall–Kier alpha value is -0.900. The maximum Gasteiger partial charge on any atom is 0.0628 e. The second-order valence-electron chi connectivity index (χ2n) is 4.90. The number of benzene rings is 1. The first-order valence-electron chi connectivity index (χ1n) is 6.36. The fourth-order valence-electron chi connectivity index (χ4n) is 2.51. The van der Waals surface area contributed by atoms with Crippen molar-refractivity contribution in [2.24, 2.45) is 0 Å². The Morgan fingerprint density at radius 3 is 2.71 bits per heavy atom. The molecule has 3 heteroatoms. The molecule has 0 spiro atoms. The molecular formula is C14H22N2O. The average molecular weight is 234 g/mol. The number of rotatable bonds is 3. The minimum absolute atomic E-state index is 0.132. The van der Waals surface area contributed by atoms with E-state index in [0.29, 0.717) is 6.04 Å². The van der Waals surface area contributed by atoms with E-state index in [1.807, 2.05) is 0 Å². The predicted molar refractivity (Wildman–Crippen MR) is 70.0 cm³/mol. The van der Waals surface area contributed by atoms with E-state index in [4.69, 9.17) is 0 Å². The number of aliphatic hydroxyl groups is 1. The highest BCUT2D eigenvalue weighted by Crippen LogP contribution is 2.23. The third-order valence-corrected chi connectivity index (χ3v) is 3.59. The molecule has 1 fully saturated rings. The summed E-state index contributed by atoms with van der Waals surface area (Å²) < 4.78 is 0. The lowest BCUT2D eigenvalue weighted by Gasteiger charge is -2.39. The van der Waals surface area contributed by atoms with Gasteiger partial charge in [0.2, 0.25) is 0 Å². The van der Waals surface area contributed by atoms with Crippen molar-refractivity contribution >= 4 is 0 Å². The van der Waals surface area contributed by atoms with Crippen molar-refractivity contribution in [1.82, 2.24) is 10.2 Å². The van der Waals surface area contributed by atoms with Crippen LogP contribution in [0.1, 0.15) is 24.1 Å². The third-order valence-electron chi connectivity index (χ3n) is 3.59. The van der Waals surface area contributed by atoms with Crippen LogP contribution in [-0.4, -0.2) is 42.3 Å². The molecule has 1 saturated heterocycles. The zero-order valence-electron chi connectivity index (χ0n) is 10.7. The summed E-state index contributed by atoms with van der Waals surface area (Å²) in [7, 11) is 0. The van der Waals surface area contributed by atoms with Crippen LogP contribution >= 0.6 is 0 Å². The first-order chi connectivity index (χ1) is 8.22. The zero-order valence-corrected chi connectivity index (χ0v) is 10.7. The molecule has 2 unspecified atom stereocenters. The topological polar surface area (TPSA) is 35.5 Å². The van der Waals surface area contributed by atoms with Crippen LogP contribution in [0.5, 0.6) is 0 Å². The van der Waals surface area contributed by atoms with Crippen LogP contribution in [0.3, 0.4) is 0 Å². The molecule has 0 radical (unpaired) electrons. The molecule has 3 nitrogen and oxygen atoms in total. The number of nitrogens with zero attached hydrogens (tertiary/aromatic N) is 1. The second-order valence-corrected chi connectivity index (χ2v) is 4.90. The number of nitrogens with one attached hydrogen (secondary N) is 1. The fraction of sp³-hybridized carbons (Fsp3) is 0.571. The van der Waals surface area contributed by atoms with E-state index in [9.17, 15) is 5.11 Å². The zero-order chi connectivity index (χ0) is 12.3. The molecule has 1 aliphatic rings. The monoisotopic (exact) mass is 234 g/mol. The minimum Gasteiger partial charge on any atom is -0.394 e. The lowest BCUT2D eigenvalue weighted by molar-refractivity contribution is 0.0723. The molecule has 0 bridgehead atoms. The van der Waals surface area contributed by atoms with Crippen LogP contribution < -0.4 is 5.32 Å². The van der Waals surface area contributed by atoms with Crippen molar-refractivity contribution in [2.45, 2.75) is 25.9 Å². The number of hydrogen-bond donors (Lipinski definition) is 2. The first-order valence-corrected chi connectivity index (χ1v) is 6.36. The third kappa shape index (κ3) is 2.86. The van der Waals surface area contributed by atoms with Gasteiger partial charge in [-0.05, 0) is 19.4 Å². The van der Waals surface area contributed by atoms with Crippen LogP contribution in [0.25, 0.3) is 0 Å². The van der Waals surface area contributed by atoms with Crippen molar-refractivity contribution in [3.8, 4) is 0 Å². The lowest BCUT2D eigenvalue weighted by Crippen LogP contribution is -2.51. The number of piperazine rings is 1. The van der Waals surface area contributed by atoms with Gasteiger partial charge in [0.1, 0.15) is 0 Å².